The Hall–Kier alpha value is -1.63. The lowest BCUT2D eigenvalue weighted by atomic mass is 10.1. The van der Waals surface area contributed by atoms with Gasteiger partial charge >= 0.3 is 5.97 Å². The summed E-state index contributed by atoms with van der Waals surface area (Å²) in [6.07, 6.45) is -0.0746. The smallest absolute Gasteiger partial charge is 0.353 e. The molecule has 0 aromatic heterocycles. The van der Waals surface area contributed by atoms with Crippen LogP contribution in [0.15, 0.2) is 5.16 Å². The van der Waals surface area contributed by atoms with Crippen molar-refractivity contribution in [3.05, 3.63) is 0 Å². The van der Waals surface area contributed by atoms with Gasteiger partial charge in [0.15, 0.2) is 5.71 Å². The average Bonchev–Trinajstić information content (AvgIpc) is 2.78. The molecule has 2 heterocycles. The maximum absolute atomic E-state index is 11.9. The summed E-state index contributed by atoms with van der Waals surface area (Å²) < 4.78 is 0. The second kappa shape index (κ2) is 4.70. The summed E-state index contributed by atoms with van der Waals surface area (Å²) in [5.41, 5.74) is -0.125. The van der Waals surface area contributed by atoms with Gasteiger partial charge in [-0.2, -0.15) is 0 Å². The summed E-state index contributed by atoms with van der Waals surface area (Å²) in [5, 5.41) is 21.4. The van der Waals surface area contributed by atoms with E-state index in [0.717, 1.165) is 0 Å². The van der Waals surface area contributed by atoms with Crippen LogP contribution in [-0.2, 0) is 14.4 Å². The van der Waals surface area contributed by atoms with E-state index in [1.807, 2.05) is 0 Å². The van der Waals surface area contributed by atoms with Crippen molar-refractivity contribution in [1.82, 2.24) is 4.90 Å². The van der Waals surface area contributed by atoms with E-state index < -0.39 is 12.1 Å². The number of hydrogen-bond acceptors (Lipinski definition) is 5. The summed E-state index contributed by atoms with van der Waals surface area (Å²) in [4.78, 5) is 29.0. The molecule has 0 aromatic rings. The molecule has 2 rings (SSSR count). The van der Waals surface area contributed by atoms with Crippen LogP contribution in [0.2, 0.25) is 0 Å². The fourth-order valence-electron chi connectivity index (χ4n) is 1.93. The molecule has 1 amide bonds. The Morgan fingerprint density at radius 2 is 2.00 bits per heavy atom. The van der Waals surface area contributed by atoms with Gasteiger partial charge in [-0.25, -0.2) is 4.79 Å². The minimum absolute atomic E-state index is 0.00716. The number of carboxylic acids is 1. The molecule has 2 N–H and O–H groups in total. The van der Waals surface area contributed by atoms with Crippen molar-refractivity contribution in [2.24, 2.45) is 5.16 Å². The van der Waals surface area contributed by atoms with Gasteiger partial charge in [0, 0.05) is 19.5 Å². The van der Waals surface area contributed by atoms with E-state index in [-0.39, 0.29) is 24.1 Å². The van der Waals surface area contributed by atoms with Crippen molar-refractivity contribution in [3.8, 4) is 0 Å². The number of oxime groups is 1. The molecule has 7 nitrogen and oxygen atoms in total. The zero-order valence-corrected chi connectivity index (χ0v) is 9.20. The molecule has 0 bridgehead atoms. The van der Waals surface area contributed by atoms with E-state index in [1.54, 1.807) is 4.90 Å². The molecule has 1 atom stereocenters. The van der Waals surface area contributed by atoms with Crippen molar-refractivity contribution in [3.63, 3.8) is 0 Å². The first-order valence-corrected chi connectivity index (χ1v) is 5.50. The molecule has 1 saturated heterocycles. The molecule has 1 fully saturated rings. The quantitative estimate of drug-likeness (QED) is 0.660. The number of carboxylic acid groups (broad SMARTS) is 1. The molecule has 1 unspecified atom stereocenters. The standard InChI is InChI=1S/C10H14N2O5/c13-6-1-3-12(4-2-6)9(14)8-5-7(10(15)16)11-17-8/h6,8,13H,1-5H2,(H,15,16). The molecule has 2 aliphatic heterocycles. The lowest BCUT2D eigenvalue weighted by molar-refractivity contribution is -0.144. The number of aliphatic hydroxyl groups excluding tert-OH is 1. The molecule has 2 aliphatic rings. The number of rotatable bonds is 2. The van der Waals surface area contributed by atoms with E-state index in [4.69, 9.17) is 9.94 Å². The van der Waals surface area contributed by atoms with E-state index in [2.05, 4.69) is 5.16 Å². The van der Waals surface area contributed by atoms with Crippen LogP contribution in [-0.4, -0.2) is 58.0 Å². The molecule has 0 spiro atoms. The Balaban J connectivity index is 1.88. The van der Waals surface area contributed by atoms with Crippen molar-refractivity contribution in [2.75, 3.05) is 13.1 Å². The van der Waals surface area contributed by atoms with Crippen molar-refractivity contribution in [1.29, 1.82) is 0 Å². The van der Waals surface area contributed by atoms with E-state index in [0.29, 0.717) is 25.9 Å². The zero-order valence-electron chi connectivity index (χ0n) is 9.20. The lowest BCUT2D eigenvalue weighted by Gasteiger charge is -2.30. The van der Waals surface area contributed by atoms with Gasteiger partial charge < -0.3 is 20.0 Å². The van der Waals surface area contributed by atoms with Gasteiger partial charge in [0.25, 0.3) is 5.91 Å². The van der Waals surface area contributed by atoms with Crippen LogP contribution in [0.25, 0.3) is 0 Å². The first-order chi connectivity index (χ1) is 8.08. The van der Waals surface area contributed by atoms with Crippen molar-refractivity contribution >= 4 is 17.6 Å². The zero-order chi connectivity index (χ0) is 12.4. The van der Waals surface area contributed by atoms with Crippen LogP contribution in [0.3, 0.4) is 0 Å². The van der Waals surface area contributed by atoms with Crippen LogP contribution >= 0.6 is 0 Å². The Morgan fingerprint density at radius 3 is 2.53 bits per heavy atom. The van der Waals surface area contributed by atoms with Gasteiger partial charge in [0.05, 0.1) is 6.10 Å². The molecular formula is C10H14N2O5. The Kier molecular flexibility index (Phi) is 3.28. The van der Waals surface area contributed by atoms with Gasteiger partial charge in [-0.15, -0.1) is 0 Å². The first kappa shape index (κ1) is 11.8. The Labute approximate surface area is 97.6 Å². The molecule has 0 saturated carbocycles. The molecule has 7 heteroatoms. The van der Waals surface area contributed by atoms with Gasteiger partial charge in [0.1, 0.15) is 0 Å². The van der Waals surface area contributed by atoms with Gasteiger partial charge in [0.2, 0.25) is 6.10 Å². The second-order valence-corrected chi connectivity index (χ2v) is 4.20. The third kappa shape index (κ3) is 2.55. The highest BCUT2D eigenvalue weighted by molar-refractivity contribution is 6.36. The van der Waals surface area contributed by atoms with Crippen LogP contribution in [0, 0.1) is 0 Å². The van der Waals surface area contributed by atoms with Gasteiger partial charge in [-0.05, 0) is 12.8 Å². The van der Waals surface area contributed by atoms with Gasteiger partial charge in [-0.1, -0.05) is 5.16 Å². The van der Waals surface area contributed by atoms with E-state index in [9.17, 15) is 14.7 Å². The van der Waals surface area contributed by atoms with Gasteiger partial charge in [-0.3, -0.25) is 4.79 Å². The number of aliphatic carboxylic acids is 1. The van der Waals surface area contributed by atoms with Crippen LogP contribution in [0.1, 0.15) is 19.3 Å². The fourth-order valence-corrected chi connectivity index (χ4v) is 1.93. The highest BCUT2D eigenvalue weighted by Gasteiger charge is 2.35. The van der Waals surface area contributed by atoms with Crippen molar-refractivity contribution in [2.45, 2.75) is 31.5 Å². The monoisotopic (exact) mass is 242 g/mol. The summed E-state index contributed by atoms with van der Waals surface area (Å²) in [5.74, 6) is -1.41. The van der Waals surface area contributed by atoms with Crippen LogP contribution in [0.4, 0.5) is 0 Å². The number of carbonyl (C=O) groups excluding carboxylic acids is 1. The molecule has 0 radical (unpaired) electrons. The number of piperidine rings is 1. The number of nitrogens with zero attached hydrogens (tertiary/aromatic N) is 2. The van der Waals surface area contributed by atoms with E-state index in [1.165, 1.54) is 0 Å². The summed E-state index contributed by atoms with van der Waals surface area (Å²) in [6, 6.07) is 0. The lowest BCUT2D eigenvalue weighted by Crippen LogP contribution is -2.45. The third-order valence-corrected chi connectivity index (χ3v) is 2.97. The maximum atomic E-state index is 11.9. The number of carbonyl (C=O) groups is 2. The number of aliphatic hydroxyl groups is 1. The largest absolute Gasteiger partial charge is 0.477 e. The van der Waals surface area contributed by atoms with Crippen LogP contribution < -0.4 is 0 Å². The number of likely N-dealkylation sites (tertiary alicyclic amines) is 1. The average molecular weight is 242 g/mol. The Bertz CT molecular complexity index is 360. The van der Waals surface area contributed by atoms with E-state index >= 15 is 0 Å². The summed E-state index contributed by atoms with van der Waals surface area (Å²) in [6.45, 7) is 0.949. The Morgan fingerprint density at radius 1 is 1.35 bits per heavy atom. The minimum Gasteiger partial charge on any atom is -0.477 e. The summed E-state index contributed by atoms with van der Waals surface area (Å²) >= 11 is 0. The maximum Gasteiger partial charge on any atom is 0.353 e. The first-order valence-electron chi connectivity index (χ1n) is 5.50. The predicted molar refractivity (Wildman–Crippen MR) is 56.4 cm³/mol. The topological polar surface area (TPSA) is 99.4 Å². The second-order valence-electron chi connectivity index (χ2n) is 4.20. The highest BCUT2D eigenvalue weighted by Crippen LogP contribution is 2.17. The third-order valence-electron chi connectivity index (χ3n) is 2.97. The summed E-state index contributed by atoms with van der Waals surface area (Å²) in [7, 11) is 0. The number of amides is 1. The normalized spacial score (nSPS) is 25.4. The molecule has 0 aromatic carbocycles. The molecule has 0 aliphatic carbocycles. The molecule has 17 heavy (non-hydrogen) atoms. The fraction of sp³-hybridized carbons (Fsp3) is 0.700. The molecule has 94 valence electrons. The highest BCUT2D eigenvalue weighted by atomic mass is 16.6. The van der Waals surface area contributed by atoms with Crippen LogP contribution in [0.5, 0.6) is 0 Å². The molecular weight excluding hydrogens is 228 g/mol. The predicted octanol–water partition coefficient (Wildman–Crippen LogP) is -0.801. The van der Waals surface area contributed by atoms with Crippen molar-refractivity contribution < 1.29 is 24.6 Å². The minimum atomic E-state index is -1.16. The number of hydrogen-bond donors (Lipinski definition) is 2. The SMILES string of the molecule is O=C(O)C1=NOC(C(=O)N2CCC(O)CC2)C1.